The van der Waals surface area contributed by atoms with E-state index >= 15 is 0 Å². The van der Waals surface area contributed by atoms with E-state index in [4.69, 9.17) is 4.74 Å². The molecule has 2 aromatic rings. The molecule has 0 amide bonds. The average molecular weight is 220 g/mol. The number of nitrogens with one attached hydrogen (secondary N) is 1. The second-order valence-corrected chi connectivity index (χ2v) is 3.51. The maximum atomic E-state index is 11.9. The molecule has 2 aromatic heterocycles. The van der Waals surface area contributed by atoms with Gasteiger partial charge in [0.25, 0.3) is 0 Å². The molecule has 0 aromatic carbocycles. The van der Waals surface area contributed by atoms with Crippen molar-refractivity contribution in [1.29, 1.82) is 0 Å². The Kier molecular flexibility index (Phi) is 2.52. The number of H-pyrrole nitrogens is 1. The van der Waals surface area contributed by atoms with E-state index in [1.165, 1.54) is 6.20 Å². The van der Waals surface area contributed by atoms with Crippen molar-refractivity contribution < 1.29 is 9.53 Å². The van der Waals surface area contributed by atoms with Crippen LogP contribution in [0.1, 0.15) is 22.8 Å². The predicted molar refractivity (Wildman–Crippen MR) is 58.7 cm³/mol. The van der Waals surface area contributed by atoms with E-state index in [1.807, 2.05) is 6.92 Å². The number of esters is 1. The first-order valence-corrected chi connectivity index (χ1v) is 5.01. The number of aryl methyl sites for hydroxylation is 1. The van der Waals surface area contributed by atoms with Gasteiger partial charge in [0.05, 0.1) is 6.61 Å². The maximum absolute atomic E-state index is 11.9. The molecule has 0 aliphatic rings. The molecule has 0 unspecified atom stereocenters. The van der Waals surface area contributed by atoms with Gasteiger partial charge in [0.1, 0.15) is 11.1 Å². The minimum atomic E-state index is -0.592. The minimum Gasteiger partial charge on any atom is -0.462 e. The monoisotopic (exact) mass is 220 g/mol. The van der Waals surface area contributed by atoms with Crippen molar-refractivity contribution >= 4 is 11.5 Å². The molecule has 0 aliphatic carbocycles. The number of hydrogen-bond donors (Lipinski definition) is 1. The molecule has 5 heteroatoms. The molecule has 0 fully saturated rings. The Hall–Kier alpha value is -2.04. The minimum absolute atomic E-state index is 0.0347. The molecule has 84 valence electrons. The Balaban J connectivity index is 2.60. The van der Waals surface area contributed by atoms with Crippen LogP contribution in [0.5, 0.6) is 0 Å². The van der Waals surface area contributed by atoms with Crippen LogP contribution in [-0.2, 0) is 4.74 Å². The second kappa shape index (κ2) is 3.84. The summed E-state index contributed by atoms with van der Waals surface area (Å²) >= 11 is 0. The number of fused-ring (bicyclic) bond motifs is 1. The Morgan fingerprint density at radius 1 is 1.56 bits per heavy atom. The summed E-state index contributed by atoms with van der Waals surface area (Å²) in [5, 5.41) is 2.84. The zero-order chi connectivity index (χ0) is 11.7. The fraction of sp³-hybridized carbons (Fsp3) is 0.273. The van der Waals surface area contributed by atoms with Crippen LogP contribution in [0.15, 0.2) is 23.3 Å². The quantitative estimate of drug-likeness (QED) is 0.771. The third-order valence-corrected chi connectivity index (χ3v) is 2.28. The van der Waals surface area contributed by atoms with Gasteiger partial charge in [-0.2, -0.15) is 0 Å². The Morgan fingerprint density at radius 2 is 2.31 bits per heavy atom. The Bertz CT molecular complexity index is 595. The van der Waals surface area contributed by atoms with Gasteiger partial charge in [-0.1, -0.05) is 0 Å². The molecule has 0 saturated heterocycles. The zero-order valence-corrected chi connectivity index (χ0v) is 9.11. The topological polar surface area (TPSA) is 63.6 Å². The summed E-state index contributed by atoms with van der Waals surface area (Å²) in [6.07, 6.45) is 3.15. The number of carbonyl (C=O) groups is 1. The third-order valence-electron chi connectivity index (χ3n) is 2.28. The SMILES string of the molecule is CCOC(=O)c1c[nH]n2cc(C)cc2c1=O. The van der Waals surface area contributed by atoms with Crippen molar-refractivity contribution in [1.82, 2.24) is 9.61 Å². The summed E-state index contributed by atoms with van der Waals surface area (Å²) in [6, 6.07) is 1.72. The van der Waals surface area contributed by atoms with Gasteiger partial charge < -0.3 is 9.84 Å². The van der Waals surface area contributed by atoms with Crippen molar-refractivity contribution in [2.45, 2.75) is 13.8 Å². The largest absolute Gasteiger partial charge is 0.462 e. The van der Waals surface area contributed by atoms with Crippen molar-refractivity contribution in [3.63, 3.8) is 0 Å². The molecular formula is C11H12N2O3. The normalized spacial score (nSPS) is 10.6. The molecule has 2 rings (SSSR count). The lowest BCUT2D eigenvalue weighted by Crippen LogP contribution is -2.19. The number of hydrogen-bond acceptors (Lipinski definition) is 3. The highest BCUT2D eigenvalue weighted by atomic mass is 16.5. The Labute approximate surface area is 91.6 Å². The number of aromatic amines is 1. The van der Waals surface area contributed by atoms with Crippen molar-refractivity contribution in [3.05, 3.63) is 39.8 Å². The number of carbonyl (C=O) groups excluding carboxylic acids is 1. The van der Waals surface area contributed by atoms with Gasteiger partial charge in [0.2, 0.25) is 5.43 Å². The first-order chi connectivity index (χ1) is 7.63. The van der Waals surface area contributed by atoms with Gasteiger partial charge in [-0.05, 0) is 25.5 Å². The van der Waals surface area contributed by atoms with E-state index in [2.05, 4.69) is 5.10 Å². The van der Waals surface area contributed by atoms with Crippen molar-refractivity contribution in [3.8, 4) is 0 Å². The first kappa shape index (κ1) is 10.5. The highest BCUT2D eigenvalue weighted by Gasteiger charge is 2.14. The van der Waals surface area contributed by atoms with Crippen LogP contribution in [0.4, 0.5) is 0 Å². The number of rotatable bonds is 2. The number of aromatic nitrogens is 2. The molecule has 2 heterocycles. The first-order valence-electron chi connectivity index (χ1n) is 5.01. The smallest absolute Gasteiger partial charge is 0.343 e. The van der Waals surface area contributed by atoms with Crippen LogP contribution in [0.3, 0.4) is 0 Å². The molecule has 1 N–H and O–H groups in total. The predicted octanol–water partition coefficient (Wildman–Crippen LogP) is 1.11. The van der Waals surface area contributed by atoms with E-state index in [0.717, 1.165) is 5.56 Å². The number of nitrogens with zero attached hydrogens (tertiary/aromatic N) is 1. The van der Waals surface area contributed by atoms with Gasteiger partial charge in [0, 0.05) is 12.4 Å². The maximum Gasteiger partial charge on any atom is 0.343 e. The van der Waals surface area contributed by atoms with Crippen molar-refractivity contribution in [2.24, 2.45) is 0 Å². The van der Waals surface area contributed by atoms with Gasteiger partial charge in [-0.15, -0.1) is 0 Å². The van der Waals surface area contributed by atoms with E-state index < -0.39 is 5.97 Å². The molecular weight excluding hydrogens is 208 g/mol. The van der Waals surface area contributed by atoms with Gasteiger partial charge in [-0.3, -0.25) is 9.31 Å². The van der Waals surface area contributed by atoms with Crippen LogP contribution in [-0.4, -0.2) is 22.2 Å². The highest BCUT2D eigenvalue weighted by molar-refractivity contribution is 5.90. The average Bonchev–Trinajstić information content (AvgIpc) is 2.60. The molecule has 0 atom stereocenters. The summed E-state index contributed by atoms with van der Waals surface area (Å²) in [4.78, 5) is 23.4. The fourth-order valence-electron chi connectivity index (χ4n) is 1.58. The number of ether oxygens (including phenoxy) is 1. The summed E-state index contributed by atoms with van der Waals surface area (Å²) < 4.78 is 6.38. The van der Waals surface area contributed by atoms with Crippen LogP contribution >= 0.6 is 0 Å². The van der Waals surface area contributed by atoms with Gasteiger partial charge in [0.15, 0.2) is 0 Å². The van der Waals surface area contributed by atoms with Crippen LogP contribution in [0.2, 0.25) is 0 Å². The lowest BCUT2D eigenvalue weighted by atomic mass is 10.2. The lowest BCUT2D eigenvalue weighted by Gasteiger charge is -2.01. The molecule has 0 saturated carbocycles. The van der Waals surface area contributed by atoms with Gasteiger partial charge >= 0.3 is 5.97 Å². The van der Waals surface area contributed by atoms with Gasteiger partial charge in [-0.25, -0.2) is 4.79 Å². The lowest BCUT2D eigenvalue weighted by molar-refractivity contribution is 0.0524. The third kappa shape index (κ3) is 1.60. The van der Waals surface area contributed by atoms with E-state index in [1.54, 1.807) is 23.7 Å². The van der Waals surface area contributed by atoms with E-state index in [0.29, 0.717) is 5.52 Å². The molecule has 0 spiro atoms. The second-order valence-electron chi connectivity index (χ2n) is 3.51. The van der Waals surface area contributed by atoms with Crippen LogP contribution in [0, 0.1) is 6.92 Å². The molecule has 0 aliphatic heterocycles. The highest BCUT2D eigenvalue weighted by Crippen LogP contribution is 2.04. The zero-order valence-electron chi connectivity index (χ0n) is 9.11. The summed E-state index contributed by atoms with van der Waals surface area (Å²) in [7, 11) is 0. The molecule has 5 nitrogen and oxygen atoms in total. The van der Waals surface area contributed by atoms with E-state index in [-0.39, 0.29) is 17.6 Å². The molecule has 0 radical (unpaired) electrons. The summed E-state index contributed by atoms with van der Waals surface area (Å²) in [6.45, 7) is 3.83. The molecule has 0 bridgehead atoms. The van der Waals surface area contributed by atoms with E-state index in [9.17, 15) is 9.59 Å². The fourth-order valence-corrected chi connectivity index (χ4v) is 1.58. The molecule has 16 heavy (non-hydrogen) atoms. The Morgan fingerprint density at radius 3 is 3.00 bits per heavy atom. The standard InChI is InChI=1S/C11H12N2O3/c1-3-16-11(15)8-5-12-13-6-7(2)4-9(13)10(8)14/h4-6,12H,3H2,1-2H3. The summed E-state index contributed by atoms with van der Waals surface area (Å²) in [5.74, 6) is -0.592. The van der Waals surface area contributed by atoms with Crippen LogP contribution in [0.25, 0.3) is 5.52 Å². The van der Waals surface area contributed by atoms with Crippen molar-refractivity contribution in [2.75, 3.05) is 6.61 Å². The summed E-state index contributed by atoms with van der Waals surface area (Å²) in [5.41, 5.74) is 1.12. The van der Waals surface area contributed by atoms with Crippen LogP contribution < -0.4 is 5.43 Å².